The quantitative estimate of drug-likeness (QED) is 0.922. The van der Waals surface area contributed by atoms with Crippen LogP contribution in [0.5, 0.6) is 5.75 Å². The predicted molar refractivity (Wildman–Crippen MR) is 63.8 cm³/mol. The van der Waals surface area contributed by atoms with Gasteiger partial charge in [-0.15, -0.1) is 0 Å². The molecule has 0 aromatic heterocycles. The molecule has 0 radical (unpaired) electrons. The third-order valence-electron chi connectivity index (χ3n) is 2.46. The first kappa shape index (κ1) is 13.0. The van der Waals surface area contributed by atoms with Crippen LogP contribution < -0.4 is 4.74 Å². The van der Waals surface area contributed by atoms with E-state index in [-0.39, 0.29) is 5.75 Å². The van der Waals surface area contributed by atoms with Crippen LogP contribution in [-0.2, 0) is 4.79 Å². The molecule has 98 valence electrons. The number of hydrogen-bond acceptors (Lipinski definition) is 2. The fourth-order valence-corrected chi connectivity index (χ4v) is 1.55. The van der Waals surface area contributed by atoms with E-state index in [2.05, 4.69) is 0 Å². The molecule has 3 nitrogen and oxygen atoms in total. The van der Waals surface area contributed by atoms with Crippen molar-refractivity contribution >= 4 is 5.97 Å². The zero-order valence-corrected chi connectivity index (χ0v) is 9.72. The normalized spacial score (nSPS) is 11.9. The van der Waals surface area contributed by atoms with Crippen LogP contribution in [0, 0.1) is 11.6 Å². The number of carboxylic acid groups (broad SMARTS) is 1. The van der Waals surface area contributed by atoms with Crippen molar-refractivity contribution in [2.45, 2.75) is 6.10 Å². The maximum Gasteiger partial charge on any atom is 0.349 e. The molecule has 0 amide bonds. The minimum atomic E-state index is -1.27. The van der Waals surface area contributed by atoms with E-state index in [1.54, 1.807) is 0 Å². The summed E-state index contributed by atoms with van der Waals surface area (Å²) >= 11 is 0. The Hall–Kier alpha value is -2.43. The molecule has 0 aliphatic heterocycles. The molecule has 0 aliphatic rings. The zero-order chi connectivity index (χ0) is 13.8. The van der Waals surface area contributed by atoms with Crippen molar-refractivity contribution in [2.24, 2.45) is 0 Å². The molecule has 0 heterocycles. The number of carbonyl (C=O) groups is 1. The van der Waals surface area contributed by atoms with Gasteiger partial charge in [0.25, 0.3) is 0 Å². The third-order valence-corrected chi connectivity index (χ3v) is 2.46. The van der Waals surface area contributed by atoms with Crippen LogP contribution in [0.3, 0.4) is 0 Å². The van der Waals surface area contributed by atoms with Gasteiger partial charge in [0, 0.05) is 5.56 Å². The highest BCUT2D eigenvalue weighted by Gasteiger charge is 2.21. The monoisotopic (exact) mass is 264 g/mol. The van der Waals surface area contributed by atoms with Crippen LogP contribution >= 0.6 is 0 Å². The summed E-state index contributed by atoms with van der Waals surface area (Å²) in [5, 5.41) is 9.12. The van der Waals surface area contributed by atoms with Crippen LogP contribution in [-0.4, -0.2) is 11.1 Å². The van der Waals surface area contributed by atoms with E-state index < -0.39 is 23.7 Å². The summed E-state index contributed by atoms with van der Waals surface area (Å²) in [6, 6.07) is 9.95. The molecule has 19 heavy (non-hydrogen) atoms. The molecule has 0 saturated heterocycles. The molecular weight excluding hydrogens is 254 g/mol. The average Bonchev–Trinajstić information content (AvgIpc) is 2.39. The van der Waals surface area contributed by atoms with Gasteiger partial charge in [-0.05, 0) is 36.4 Å². The predicted octanol–water partition coefficient (Wildman–Crippen LogP) is 3.17. The van der Waals surface area contributed by atoms with Gasteiger partial charge in [-0.1, -0.05) is 12.1 Å². The number of rotatable bonds is 4. The summed E-state index contributed by atoms with van der Waals surface area (Å²) in [5.41, 5.74) is 0.304. The maximum atomic E-state index is 12.8. The minimum Gasteiger partial charge on any atom is -0.478 e. The molecular formula is C14H10F2O3. The zero-order valence-electron chi connectivity index (χ0n) is 9.72. The lowest BCUT2D eigenvalue weighted by Gasteiger charge is -2.15. The second-order valence-corrected chi connectivity index (χ2v) is 3.84. The Balaban J connectivity index is 2.23. The molecule has 0 bridgehead atoms. The highest BCUT2D eigenvalue weighted by atomic mass is 19.1. The number of ether oxygens (including phenoxy) is 1. The lowest BCUT2D eigenvalue weighted by Crippen LogP contribution is -2.18. The maximum absolute atomic E-state index is 12.8. The summed E-state index contributed by atoms with van der Waals surface area (Å²) in [7, 11) is 0. The van der Waals surface area contributed by atoms with E-state index in [0.717, 1.165) is 12.1 Å². The molecule has 1 atom stereocenters. The molecule has 1 N–H and O–H groups in total. The first-order valence-electron chi connectivity index (χ1n) is 5.47. The number of carboxylic acids is 1. The minimum absolute atomic E-state index is 0.220. The van der Waals surface area contributed by atoms with Gasteiger partial charge in [0.05, 0.1) is 0 Å². The fraction of sp³-hybridized carbons (Fsp3) is 0.0714. The molecule has 0 saturated carbocycles. The summed E-state index contributed by atoms with van der Waals surface area (Å²) in [6.07, 6.45) is -1.27. The van der Waals surface area contributed by atoms with Gasteiger partial charge in [-0.2, -0.15) is 0 Å². The molecule has 2 aromatic carbocycles. The van der Waals surface area contributed by atoms with E-state index in [0.29, 0.717) is 5.56 Å². The van der Waals surface area contributed by atoms with Crippen LogP contribution in [0.4, 0.5) is 8.78 Å². The van der Waals surface area contributed by atoms with Gasteiger partial charge in [-0.25, -0.2) is 13.6 Å². The van der Waals surface area contributed by atoms with Gasteiger partial charge < -0.3 is 9.84 Å². The Morgan fingerprint density at radius 1 is 0.947 bits per heavy atom. The fourth-order valence-electron chi connectivity index (χ4n) is 1.55. The van der Waals surface area contributed by atoms with E-state index in [4.69, 9.17) is 9.84 Å². The SMILES string of the molecule is O=C(O)C(Oc1ccc(F)cc1)c1ccc(F)cc1. The number of halogens is 2. The van der Waals surface area contributed by atoms with Crippen LogP contribution in [0.25, 0.3) is 0 Å². The van der Waals surface area contributed by atoms with Crippen molar-refractivity contribution in [1.82, 2.24) is 0 Å². The van der Waals surface area contributed by atoms with Crippen LogP contribution in [0.15, 0.2) is 48.5 Å². The van der Waals surface area contributed by atoms with E-state index >= 15 is 0 Å². The second-order valence-electron chi connectivity index (χ2n) is 3.84. The third kappa shape index (κ3) is 3.28. The first-order chi connectivity index (χ1) is 9.06. The Kier molecular flexibility index (Phi) is 3.75. The highest BCUT2D eigenvalue weighted by molar-refractivity contribution is 5.74. The van der Waals surface area contributed by atoms with Crippen molar-refractivity contribution in [3.05, 3.63) is 65.7 Å². The van der Waals surface area contributed by atoms with Crippen molar-refractivity contribution in [2.75, 3.05) is 0 Å². The van der Waals surface area contributed by atoms with Crippen LogP contribution in [0.2, 0.25) is 0 Å². The summed E-state index contributed by atoms with van der Waals surface area (Å²) in [6.45, 7) is 0. The van der Waals surface area contributed by atoms with Crippen molar-refractivity contribution in [1.29, 1.82) is 0 Å². The Labute approximate surface area is 108 Å². The Bertz CT molecular complexity index is 564. The lowest BCUT2D eigenvalue weighted by molar-refractivity contribution is -0.145. The molecule has 5 heteroatoms. The second kappa shape index (κ2) is 5.48. The molecule has 2 rings (SSSR count). The standard InChI is InChI=1S/C14H10F2O3/c15-10-3-1-9(2-4-10)13(14(17)18)19-12-7-5-11(16)6-8-12/h1-8,13H,(H,17,18). The van der Waals surface area contributed by atoms with Crippen molar-refractivity contribution in [3.63, 3.8) is 0 Å². The summed E-state index contributed by atoms with van der Waals surface area (Å²) in [4.78, 5) is 11.2. The Morgan fingerprint density at radius 2 is 1.42 bits per heavy atom. The number of aliphatic carboxylic acids is 1. The van der Waals surface area contributed by atoms with Crippen molar-refractivity contribution in [3.8, 4) is 5.75 Å². The largest absolute Gasteiger partial charge is 0.478 e. The highest BCUT2D eigenvalue weighted by Crippen LogP contribution is 2.22. The lowest BCUT2D eigenvalue weighted by atomic mass is 10.1. The average molecular weight is 264 g/mol. The molecule has 1 unspecified atom stereocenters. The van der Waals surface area contributed by atoms with Gasteiger partial charge in [0.1, 0.15) is 17.4 Å². The molecule has 0 aliphatic carbocycles. The molecule has 2 aromatic rings. The van der Waals surface area contributed by atoms with E-state index in [1.807, 2.05) is 0 Å². The first-order valence-corrected chi connectivity index (χ1v) is 5.47. The topological polar surface area (TPSA) is 46.5 Å². The number of benzene rings is 2. The Morgan fingerprint density at radius 3 is 1.89 bits per heavy atom. The summed E-state index contributed by atoms with van der Waals surface area (Å²) < 4.78 is 30.8. The van der Waals surface area contributed by atoms with Crippen molar-refractivity contribution < 1.29 is 23.4 Å². The van der Waals surface area contributed by atoms with E-state index in [9.17, 15) is 13.6 Å². The molecule has 0 spiro atoms. The molecule has 0 fully saturated rings. The summed E-state index contributed by atoms with van der Waals surface area (Å²) in [5.74, 6) is -1.90. The van der Waals surface area contributed by atoms with Gasteiger partial charge in [0.2, 0.25) is 6.10 Å². The van der Waals surface area contributed by atoms with E-state index in [1.165, 1.54) is 36.4 Å². The van der Waals surface area contributed by atoms with Gasteiger partial charge in [0.15, 0.2) is 0 Å². The smallest absolute Gasteiger partial charge is 0.349 e. The van der Waals surface area contributed by atoms with Gasteiger partial charge >= 0.3 is 5.97 Å². The van der Waals surface area contributed by atoms with Gasteiger partial charge in [-0.3, -0.25) is 0 Å². The van der Waals surface area contributed by atoms with Crippen LogP contribution in [0.1, 0.15) is 11.7 Å². The number of hydrogen-bond donors (Lipinski definition) is 1.